The van der Waals surface area contributed by atoms with Gasteiger partial charge >= 0.3 is 11.9 Å². The Morgan fingerprint density at radius 3 is 2.59 bits per heavy atom. The summed E-state index contributed by atoms with van der Waals surface area (Å²) in [5.74, 6) is 0.997. The average Bonchev–Trinajstić information content (AvgIpc) is 2.91. The quantitative estimate of drug-likeness (QED) is 0.580. The molecular weight excluding hydrogens is 344 g/mol. The SMILES string of the molecule is CC(=O)Oc1ccc2c(c1)C(=O)CC1C2CCC2(C)C(OC(C)=O)CCC12. The number of carbonyl (C=O) groups excluding carboxylic acids is 3. The van der Waals surface area contributed by atoms with E-state index >= 15 is 0 Å². The first-order chi connectivity index (χ1) is 12.8. The third kappa shape index (κ3) is 2.97. The molecule has 4 rings (SSSR count). The molecule has 0 N–H and O–H groups in total. The van der Waals surface area contributed by atoms with Crippen LogP contribution in [0.25, 0.3) is 0 Å². The number of benzene rings is 1. The molecule has 1 aromatic carbocycles. The van der Waals surface area contributed by atoms with Crippen LogP contribution in [-0.2, 0) is 14.3 Å². The molecule has 5 heteroatoms. The molecule has 3 aliphatic carbocycles. The van der Waals surface area contributed by atoms with Gasteiger partial charge in [0.2, 0.25) is 0 Å². The van der Waals surface area contributed by atoms with E-state index in [4.69, 9.17) is 9.47 Å². The van der Waals surface area contributed by atoms with E-state index in [-0.39, 0.29) is 29.2 Å². The summed E-state index contributed by atoms with van der Waals surface area (Å²) < 4.78 is 10.8. The molecule has 2 fully saturated rings. The molecule has 0 amide bonds. The molecule has 0 radical (unpaired) electrons. The molecule has 0 heterocycles. The van der Waals surface area contributed by atoms with Crippen LogP contribution in [0.5, 0.6) is 5.75 Å². The molecule has 0 saturated heterocycles. The van der Waals surface area contributed by atoms with Crippen molar-refractivity contribution in [1.29, 1.82) is 0 Å². The number of ketones is 1. The second-order valence-corrected chi connectivity index (χ2v) is 8.57. The number of ether oxygens (including phenoxy) is 2. The molecule has 5 unspecified atom stereocenters. The number of Topliss-reactive ketones (excluding diaryl/α,β-unsaturated/α-hetero) is 1. The molecule has 5 atom stereocenters. The van der Waals surface area contributed by atoms with Crippen molar-refractivity contribution in [3.05, 3.63) is 29.3 Å². The molecule has 1 aromatic rings. The third-order valence-corrected chi connectivity index (χ3v) is 7.07. The highest BCUT2D eigenvalue weighted by molar-refractivity contribution is 5.99. The maximum Gasteiger partial charge on any atom is 0.308 e. The summed E-state index contributed by atoms with van der Waals surface area (Å²) in [4.78, 5) is 35.6. The van der Waals surface area contributed by atoms with Crippen LogP contribution in [-0.4, -0.2) is 23.8 Å². The fourth-order valence-electron chi connectivity index (χ4n) is 5.96. The monoisotopic (exact) mass is 370 g/mol. The lowest BCUT2D eigenvalue weighted by atomic mass is 9.55. The van der Waals surface area contributed by atoms with Gasteiger partial charge < -0.3 is 9.47 Å². The molecule has 27 heavy (non-hydrogen) atoms. The highest BCUT2D eigenvalue weighted by Gasteiger charge is 2.57. The van der Waals surface area contributed by atoms with Gasteiger partial charge in [-0.05, 0) is 61.1 Å². The van der Waals surface area contributed by atoms with Crippen LogP contribution < -0.4 is 4.74 Å². The van der Waals surface area contributed by atoms with Crippen LogP contribution in [0.4, 0.5) is 0 Å². The summed E-state index contributed by atoms with van der Waals surface area (Å²) in [6.07, 6.45) is 4.36. The molecule has 3 aliphatic rings. The van der Waals surface area contributed by atoms with Gasteiger partial charge in [0.05, 0.1) is 0 Å². The zero-order chi connectivity index (χ0) is 19.3. The number of carbonyl (C=O) groups is 3. The lowest BCUT2D eigenvalue weighted by Gasteiger charge is -2.50. The van der Waals surface area contributed by atoms with Gasteiger partial charge in [0, 0.05) is 31.2 Å². The summed E-state index contributed by atoms with van der Waals surface area (Å²) in [7, 11) is 0. The maximum absolute atomic E-state index is 12.9. The van der Waals surface area contributed by atoms with Gasteiger partial charge in [-0.15, -0.1) is 0 Å². The van der Waals surface area contributed by atoms with Crippen molar-refractivity contribution in [2.24, 2.45) is 17.3 Å². The Balaban J connectivity index is 1.64. The van der Waals surface area contributed by atoms with Gasteiger partial charge in [0.1, 0.15) is 11.9 Å². The lowest BCUT2D eigenvalue weighted by molar-refractivity contribution is -0.154. The van der Waals surface area contributed by atoms with Crippen LogP contribution in [0.15, 0.2) is 18.2 Å². The third-order valence-electron chi connectivity index (χ3n) is 7.07. The fraction of sp³-hybridized carbons (Fsp3) is 0.591. The van der Waals surface area contributed by atoms with E-state index < -0.39 is 0 Å². The Morgan fingerprint density at radius 1 is 1.11 bits per heavy atom. The first kappa shape index (κ1) is 18.2. The number of rotatable bonds is 2. The first-order valence-electron chi connectivity index (χ1n) is 9.82. The van der Waals surface area contributed by atoms with Crippen LogP contribution in [0.1, 0.15) is 74.7 Å². The predicted octanol–water partition coefficient (Wildman–Crippen LogP) is 4.04. The smallest absolute Gasteiger partial charge is 0.308 e. The van der Waals surface area contributed by atoms with Gasteiger partial charge in [0.15, 0.2) is 5.78 Å². The Hall–Kier alpha value is -2.17. The normalized spacial score (nSPS) is 34.3. The summed E-state index contributed by atoms with van der Waals surface area (Å²) >= 11 is 0. The van der Waals surface area contributed by atoms with E-state index in [1.54, 1.807) is 12.1 Å². The van der Waals surface area contributed by atoms with Crippen molar-refractivity contribution in [3.63, 3.8) is 0 Å². The van der Waals surface area contributed by atoms with E-state index in [0.717, 1.165) is 31.2 Å². The zero-order valence-corrected chi connectivity index (χ0v) is 16.1. The summed E-state index contributed by atoms with van der Waals surface area (Å²) in [6, 6.07) is 5.48. The number of esters is 2. The minimum absolute atomic E-state index is 0.0382. The first-order valence-corrected chi connectivity index (χ1v) is 9.82. The fourth-order valence-corrected chi connectivity index (χ4v) is 5.96. The predicted molar refractivity (Wildman–Crippen MR) is 98.5 cm³/mol. The highest BCUT2D eigenvalue weighted by atomic mass is 16.5. The van der Waals surface area contributed by atoms with E-state index in [1.807, 2.05) is 6.07 Å². The number of hydrogen-bond donors (Lipinski definition) is 0. The van der Waals surface area contributed by atoms with Crippen molar-refractivity contribution in [1.82, 2.24) is 0 Å². The van der Waals surface area contributed by atoms with Crippen molar-refractivity contribution in [2.75, 3.05) is 0 Å². The standard InChI is InChI=1S/C22H26O5/c1-12(23)26-14-4-5-15-16-8-9-22(3)19(6-7-21(22)27-13(2)24)17(16)11-20(25)18(15)10-14/h4-5,10,16-17,19,21H,6-9,11H2,1-3H3. The molecule has 0 aromatic heterocycles. The van der Waals surface area contributed by atoms with Crippen molar-refractivity contribution < 1.29 is 23.9 Å². The van der Waals surface area contributed by atoms with E-state index in [9.17, 15) is 14.4 Å². The van der Waals surface area contributed by atoms with Crippen LogP contribution in [0, 0.1) is 17.3 Å². The van der Waals surface area contributed by atoms with Crippen LogP contribution >= 0.6 is 0 Å². The van der Waals surface area contributed by atoms with Gasteiger partial charge in [-0.3, -0.25) is 14.4 Å². The van der Waals surface area contributed by atoms with Gasteiger partial charge in [0.25, 0.3) is 0 Å². The topological polar surface area (TPSA) is 69.7 Å². The maximum atomic E-state index is 12.9. The largest absolute Gasteiger partial charge is 0.462 e. The average molecular weight is 370 g/mol. The Bertz CT molecular complexity index is 813. The van der Waals surface area contributed by atoms with E-state index in [0.29, 0.717) is 35.5 Å². The zero-order valence-electron chi connectivity index (χ0n) is 16.1. The van der Waals surface area contributed by atoms with Crippen LogP contribution in [0.3, 0.4) is 0 Å². The van der Waals surface area contributed by atoms with Gasteiger partial charge in [-0.1, -0.05) is 13.0 Å². The van der Waals surface area contributed by atoms with E-state index in [1.165, 1.54) is 13.8 Å². The van der Waals surface area contributed by atoms with Gasteiger partial charge in [-0.2, -0.15) is 0 Å². The van der Waals surface area contributed by atoms with E-state index in [2.05, 4.69) is 6.92 Å². The molecule has 0 aliphatic heterocycles. The van der Waals surface area contributed by atoms with Crippen LogP contribution in [0.2, 0.25) is 0 Å². The Labute approximate surface area is 159 Å². The summed E-state index contributed by atoms with van der Waals surface area (Å²) in [5, 5.41) is 0. The number of fused-ring (bicyclic) bond motifs is 5. The van der Waals surface area contributed by atoms with Gasteiger partial charge in [-0.25, -0.2) is 0 Å². The summed E-state index contributed by atoms with van der Waals surface area (Å²) in [6.45, 7) is 5.07. The number of hydrogen-bond acceptors (Lipinski definition) is 5. The molecule has 144 valence electrons. The minimum atomic E-state index is -0.382. The van der Waals surface area contributed by atoms with Crippen molar-refractivity contribution >= 4 is 17.7 Å². The Kier molecular flexibility index (Phi) is 4.36. The second-order valence-electron chi connectivity index (χ2n) is 8.57. The molecule has 0 bridgehead atoms. The molecule has 5 nitrogen and oxygen atoms in total. The second kappa shape index (κ2) is 6.47. The van der Waals surface area contributed by atoms with Crippen molar-refractivity contribution in [2.45, 2.75) is 64.9 Å². The molecule has 2 saturated carbocycles. The molecular formula is C22H26O5. The molecule has 0 spiro atoms. The highest BCUT2D eigenvalue weighted by Crippen LogP contribution is 2.61. The minimum Gasteiger partial charge on any atom is -0.462 e. The van der Waals surface area contributed by atoms with Crippen molar-refractivity contribution in [3.8, 4) is 5.75 Å². The Morgan fingerprint density at radius 2 is 1.89 bits per heavy atom. The lowest BCUT2D eigenvalue weighted by Crippen LogP contribution is -2.45. The summed E-state index contributed by atoms with van der Waals surface area (Å²) in [5.41, 5.74) is 1.75.